The number of hydrogen-bond acceptors (Lipinski definition) is 8. The number of rotatable bonds is 42. The van der Waals surface area contributed by atoms with Crippen molar-refractivity contribution in [2.75, 3.05) is 26.4 Å². The number of ether oxygens (including phenoxy) is 2. The van der Waals surface area contributed by atoms with E-state index in [9.17, 15) is 19.0 Å². The van der Waals surface area contributed by atoms with E-state index < -0.39 is 32.5 Å². The lowest BCUT2D eigenvalue weighted by atomic mass is 10.1. The van der Waals surface area contributed by atoms with E-state index in [0.717, 1.165) is 89.9 Å². The van der Waals surface area contributed by atoms with Crippen molar-refractivity contribution in [3.63, 3.8) is 0 Å². The van der Waals surface area contributed by atoms with Crippen LogP contribution < -0.4 is 5.73 Å². The predicted octanol–water partition coefficient (Wildman–Crippen LogP) is 13.9. The largest absolute Gasteiger partial charge is 0.472 e. The van der Waals surface area contributed by atoms with Crippen molar-refractivity contribution >= 4 is 19.8 Å². The van der Waals surface area contributed by atoms with E-state index in [1.165, 1.54) is 38.5 Å². The summed E-state index contributed by atoms with van der Waals surface area (Å²) in [5.41, 5.74) is 5.35. The SMILES string of the molecule is CC/C=C\C/C=C\C/C=C\C/C=C\C/C=C\C/C=C\CCC(=O)OC(COC(=O)CCCCCCCC/C=C\C/C=C\C/C=C\CCCCCCC)COP(=O)(O)OCCN. The maximum Gasteiger partial charge on any atom is 0.472 e. The second-order valence-corrected chi connectivity index (χ2v) is 16.3. The van der Waals surface area contributed by atoms with Crippen LogP contribution in [-0.4, -0.2) is 49.3 Å². The molecule has 0 bridgehead atoms. The van der Waals surface area contributed by atoms with Crippen molar-refractivity contribution in [2.45, 2.75) is 174 Å². The first-order chi connectivity index (χ1) is 29.8. The molecule has 0 saturated carbocycles. The molecule has 3 N–H and O–H groups in total. The highest BCUT2D eigenvalue weighted by molar-refractivity contribution is 7.47. The minimum absolute atomic E-state index is 0.0336. The first-order valence-corrected chi connectivity index (χ1v) is 24.9. The Bertz CT molecular complexity index is 1360. The van der Waals surface area contributed by atoms with Gasteiger partial charge in [-0.25, -0.2) is 4.57 Å². The fourth-order valence-corrected chi connectivity index (χ4v) is 6.49. The van der Waals surface area contributed by atoms with E-state index in [0.29, 0.717) is 12.8 Å². The molecule has 346 valence electrons. The van der Waals surface area contributed by atoms with Crippen molar-refractivity contribution < 1.29 is 37.6 Å². The molecule has 0 aromatic carbocycles. The minimum atomic E-state index is -4.41. The monoisotopic (exact) mass is 870 g/mol. The molecule has 0 aromatic rings. The molecule has 0 saturated heterocycles. The van der Waals surface area contributed by atoms with Gasteiger partial charge in [-0.05, 0) is 89.9 Å². The Labute approximate surface area is 371 Å². The normalized spacial score (nSPS) is 14.2. The molecule has 0 fully saturated rings. The van der Waals surface area contributed by atoms with E-state index in [-0.39, 0.29) is 32.6 Å². The molecule has 9 nitrogen and oxygen atoms in total. The molecule has 0 aliphatic heterocycles. The third kappa shape index (κ3) is 46.0. The molecule has 0 rings (SSSR count). The van der Waals surface area contributed by atoms with Gasteiger partial charge in [0.1, 0.15) is 6.61 Å². The van der Waals surface area contributed by atoms with Gasteiger partial charge in [0, 0.05) is 19.4 Å². The average Bonchev–Trinajstić information content (AvgIpc) is 3.25. The quantitative estimate of drug-likeness (QED) is 0.0266. The van der Waals surface area contributed by atoms with Gasteiger partial charge in [-0.2, -0.15) is 0 Å². The summed E-state index contributed by atoms with van der Waals surface area (Å²) < 4.78 is 32.7. The molecule has 2 unspecified atom stereocenters. The summed E-state index contributed by atoms with van der Waals surface area (Å²) in [5, 5.41) is 0. The summed E-state index contributed by atoms with van der Waals surface area (Å²) in [6.07, 6.45) is 61.3. The van der Waals surface area contributed by atoms with Crippen molar-refractivity contribution in [1.82, 2.24) is 0 Å². The second-order valence-electron chi connectivity index (χ2n) is 14.9. The van der Waals surface area contributed by atoms with Crippen LogP contribution in [0.15, 0.2) is 109 Å². The van der Waals surface area contributed by atoms with Gasteiger partial charge in [0.2, 0.25) is 0 Å². The van der Waals surface area contributed by atoms with Crippen molar-refractivity contribution in [2.24, 2.45) is 5.73 Å². The molecule has 0 amide bonds. The summed E-state index contributed by atoms with van der Waals surface area (Å²) >= 11 is 0. The Balaban J connectivity index is 4.28. The number of esters is 2. The van der Waals surface area contributed by atoms with Crippen LogP contribution in [0.1, 0.15) is 168 Å². The fraction of sp³-hybridized carbons (Fsp3) is 0.608. The summed E-state index contributed by atoms with van der Waals surface area (Å²) in [6.45, 7) is 3.48. The van der Waals surface area contributed by atoms with Crippen LogP contribution in [0.5, 0.6) is 0 Å². The van der Waals surface area contributed by atoms with Crippen LogP contribution in [0.4, 0.5) is 0 Å². The molecular weight excluding hydrogens is 786 g/mol. The lowest BCUT2D eigenvalue weighted by Crippen LogP contribution is -2.29. The molecule has 0 heterocycles. The Morgan fingerprint density at radius 2 is 0.934 bits per heavy atom. The number of hydrogen-bond donors (Lipinski definition) is 2. The van der Waals surface area contributed by atoms with Gasteiger partial charge in [0.15, 0.2) is 6.10 Å². The molecule has 0 radical (unpaired) electrons. The highest BCUT2D eigenvalue weighted by atomic mass is 31.2. The van der Waals surface area contributed by atoms with E-state index in [2.05, 4.69) is 111 Å². The standard InChI is InChI=1S/C51H84NO8P/c1-3-5-7-9-11-13-15-17-19-21-23-24-26-27-29-31-33-35-37-39-41-43-50(53)57-47-49(48-59-61(55,56)58-46-45-52)60-51(54)44-42-40-38-36-34-32-30-28-25-22-20-18-16-14-12-10-8-6-4-2/h6,8,12,14-15,17-18,20-21,23,25-28,32,34,38,40,49H,3-5,7,9-11,13,16,19,22,24,29-31,33,35-37,39,41-48,52H2,1-2H3,(H,55,56)/b8-6-,14-12-,17-15-,20-18-,23-21-,27-26-,28-25-,34-32-,40-38-. The number of carbonyl (C=O) groups is 2. The van der Waals surface area contributed by atoms with Crippen molar-refractivity contribution in [3.8, 4) is 0 Å². The Morgan fingerprint density at radius 1 is 0.508 bits per heavy atom. The third-order valence-corrected chi connectivity index (χ3v) is 10.1. The minimum Gasteiger partial charge on any atom is -0.462 e. The molecule has 0 aliphatic rings. The highest BCUT2D eigenvalue weighted by Gasteiger charge is 2.25. The maximum atomic E-state index is 12.6. The van der Waals surface area contributed by atoms with Crippen molar-refractivity contribution in [1.29, 1.82) is 0 Å². The van der Waals surface area contributed by atoms with Gasteiger partial charge in [0.05, 0.1) is 13.2 Å². The molecular formula is C51H84NO8P. The topological polar surface area (TPSA) is 134 Å². The number of nitrogens with two attached hydrogens (primary N) is 1. The molecule has 61 heavy (non-hydrogen) atoms. The fourth-order valence-electron chi connectivity index (χ4n) is 5.72. The van der Waals surface area contributed by atoms with Crippen LogP contribution in [-0.2, 0) is 32.7 Å². The van der Waals surface area contributed by atoms with Gasteiger partial charge in [-0.1, -0.05) is 175 Å². The molecule has 0 spiro atoms. The van der Waals surface area contributed by atoms with Crippen LogP contribution in [0, 0.1) is 0 Å². The Kier molecular flexibility index (Phi) is 43.7. The van der Waals surface area contributed by atoms with E-state index in [1.807, 2.05) is 12.2 Å². The van der Waals surface area contributed by atoms with Crippen molar-refractivity contribution in [3.05, 3.63) is 109 Å². The van der Waals surface area contributed by atoms with Gasteiger partial charge in [-0.3, -0.25) is 18.6 Å². The zero-order chi connectivity index (χ0) is 44.6. The highest BCUT2D eigenvalue weighted by Crippen LogP contribution is 2.43. The van der Waals surface area contributed by atoms with E-state index in [1.54, 1.807) is 0 Å². The summed E-state index contributed by atoms with van der Waals surface area (Å²) in [6, 6.07) is 0. The number of carbonyl (C=O) groups excluding carboxylic acids is 2. The first kappa shape index (κ1) is 57.7. The lowest BCUT2D eigenvalue weighted by molar-refractivity contribution is -0.161. The van der Waals surface area contributed by atoms with E-state index in [4.69, 9.17) is 24.3 Å². The zero-order valence-corrected chi connectivity index (χ0v) is 39.0. The first-order valence-electron chi connectivity index (χ1n) is 23.4. The summed E-state index contributed by atoms with van der Waals surface area (Å²) in [4.78, 5) is 34.9. The van der Waals surface area contributed by atoms with Crippen LogP contribution in [0.2, 0.25) is 0 Å². The number of phosphoric ester groups is 1. The number of unbranched alkanes of at least 4 members (excludes halogenated alkanes) is 11. The van der Waals surface area contributed by atoms with Crippen LogP contribution in [0.25, 0.3) is 0 Å². The third-order valence-electron chi connectivity index (χ3n) is 9.16. The molecule has 0 aromatic heterocycles. The lowest BCUT2D eigenvalue weighted by Gasteiger charge is -2.19. The zero-order valence-electron chi connectivity index (χ0n) is 38.1. The summed E-state index contributed by atoms with van der Waals surface area (Å²) in [7, 11) is -4.41. The Hall–Kier alpha value is -3.33. The van der Waals surface area contributed by atoms with Gasteiger partial charge in [-0.15, -0.1) is 0 Å². The van der Waals surface area contributed by atoms with Crippen LogP contribution in [0.3, 0.4) is 0 Å². The van der Waals surface area contributed by atoms with Crippen LogP contribution >= 0.6 is 7.82 Å². The molecule has 0 aliphatic carbocycles. The second kappa shape index (κ2) is 46.2. The smallest absolute Gasteiger partial charge is 0.462 e. The summed E-state index contributed by atoms with van der Waals surface area (Å²) in [5.74, 6) is -0.951. The number of phosphoric acid groups is 1. The predicted molar refractivity (Wildman–Crippen MR) is 256 cm³/mol. The molecule has 10 heteroatoms. The number of allylic oxidation sites excluding steroid dienone is 18. The average molecular weight is 870 g/mol. The van der Waals surface area contributed by atoms with Gasteiger partial charge < -0.3 is 20.1 Å². The van der Waals surface area contributed by atoms with Gasteiger partial charge in [0.25, 0.3) is 0 Å². The van der Waals surface area contributed by atoms with E-state index >= 15 is 0 Å². The molecule has 2 atom stereocenters. The van der Waals surface area contributed by atoms with Gasteiger partial charge >= 0.3 is 19.8 Å². The maximum absolute atomic E-state index is 12.6. The Morgan fingerprint density at radius 3 is 1.41 bits per heavy atom.